The van der Waals surface area contributed by atoms with Gasteiger partial charge in [-0.2, -0.15) is 8.78 Å². The van der Waals surface area contributed by atoms with Gasteiger partial charge in [-0.05, 0) is 17.7 Å². The number of primary amides is 1. The Balaban J connectivity index is 2.24. The third-order valence-electron chi connectivity index (χ3n) is 2.00. The molecule has 18 heavy (non-hydrogen) atoms. The summed E-state index contributed by atoms with van der Waals surface area (Å²) in [7, 11) is 0. The summed E-state index contributed by atoms with van der Waals surface area (Å²) in [4.78, 5) is 10.3. The molecule has 3 N–H and O–H groups in total. The number of carbonyl (C=O) groups is 1. The van der Waals surface area contributed by atoms with E-state index in [1.165, 1.54) is 12.1 Å². The Morgan fingerprint density at radius 1 is 1.33 bits per heavy atom. The summed E-state index contributed by atoms with van der Waals surface area (Å²) in [6.07, 6.45) is -0.815. The van der Waals surface area contributed by atoms with E-state index in [4.69, 9.17) is 5.73 Å². The van der Waals surface area contributed by atoms with Gasteiger partial charge in [-0.3, -0.25) is 0 Å². The van der Waals surface area contributed by atoms with Gasteiger partial charge in [0, 0.05) is 13.1 Å². The van der Waals surface area contributed by atoms with E-state index >= 15 is 0 Å². The molecule has 5 nitrogen and oxygen atoms in total. The lowest BCUT2D eigenvalue weighted by atomic mass is 10.2. The molecule has 1 aromatic carbocycles. The van der Waals surface area contributed by atoms with Crippen molar-refractivity contribution in [2.24, 2.45) is 5.73 Å². The van der Waals surface area contributed by atoms with E-state index in [1.54, 1.807) is 12.1 Å². The van der Waals surface area contributed by atoms with Crippen molar-refractivity contribution in [2.75, 3.05) is 13.2 Å². The molecule has 0 fully saturated rings. The normalized spacial score (nSPS) is 10.4. The van der Waals surface area contributed by atoms with Crippen molar-refractivity contribution < 1.29 is 23.0 Å². The zero-order valence-electron chi connectivity index (χ0n) is 9.57. The average molecular weight is 260 g/mol. The standard InChI is InChI=1S/C11H14F2N2O3/c12-10(13)18-9-3-1-8(2-4-9)7-15-5-6-17-11(14)16/h1-4,10,15H,5-7H2,(H2,14,16). The molecule has 1 aromatic rings. The number of rotatable bonds is 7. The van der Waals surface area contributed by atoms with Gasteiger partial charge in [-0.25, -0.2) is 4.79 Å². The molecular weight excluding hydrogens is 246 g/mol. The van der Waals surface area contributed by atoms with Crippen molar-refractivity contribution >= 4 is 6.09 Å². The number of benzene rings is 1. The van der Waals surface area contributed by atoms with E-state index in [0.29, 0.717) is 13.1 Å². The minimum Gasteiger partial charge on any atom is -0.448 e. The van der Waals surface area contributed by atoms with Crippen LogP contribution in [-0.4, -0.2) is 25.9 Å². The minimum absolute atomic E-state index is 0.116. The van der Waals surface area contributed by atoms with Crippen LogP contribution in [0, 0.1) is 0 Å². The Kier molecular flexibility index (Phi) is 5.86. The molecular formula is C11H14F2N2O3. The van der Waals surface area contributed by atoms with Gasteiger partial charge < -0.3 is 20.5 Å². The van der Waals surface area contributed by atoms with Crippen LogP contribution in [0.25, 0.3) is 0 Å². The molecule has 100 valence electrons. The van der Waals surface area contributed by atoms with Gasteiger partial charge in [0.25, 0.3) is 0 Å². The highest BCUT2D eigenvalue weighted by atomic mass is 19.3. The van der Waals surface area contributed by atoms with E-state index in [-0.39, 0.29) is 12.4 Å². The molecule has 0 spiro atoms. The molecule has 0 atom stereocenters. The first-order valence-corrected chi connectivity index (χ1v) is 5.24. The zero-order chi connectivity index (χ0) is 13.4. The predicted octanol–water partition coefficient (Wildman–Crippen LogP) is 1.47. The summed E-state index contributed by atoms with van der Waals surface area (Å²) in [6.45, 7) is -1.66. The molecule has 0 aliphatic rings. The number of hydrogen-bond donors (Lipinski definition) is 2. The topological polar surface area (TPSA) is 73.6 Å². The van der Waals surface area contributed by atoms with Crippen molar-refractivity contribution in [2.45, 2.75) is 13.2 Å². The van der Waals surface area contributed by atoms with Gasteiger partial charge in [0.2, 0.25) is 0 Å². The third-order valence-corrected chi connectivity index (χ3v) is 2.00. The lowest BCUT2D eigenvalue weighted by Crippen LogP contribution is -2.23. The number of nitrogens with one attached hydrogen (secondary N) is 1. The number of hydrogen-bond acceptors (Lipinski definition) is 4. The molecule has 0 unspecified atom stereocenters. The van der Waals surface area contributed by atoms with Gasteiger partial charge in [0.05, 0.1) is 0 Å². The van der Waals surface area contributed by atoms with Crippen LogP contribution in [0.4, 0.5) is 13.6 Å². The fourth-order valence-electron chi connectivity index (χ4n) is 1.25. The van der Waals surface area contributed by atoms with E-state index < -0.39 is 12.7 Å². The molecule has 0 radical (unpaired) electrons. The summed E-state index contributed by atoms with van der Waals surface area (Å²) in [6, 6.07) is 6.26. The Labute approximate surface area is 103 Å². The lowest BCUT2D eigenvalue weighted by molar-refractivity contribution is -0.0498. The first-order valence-electron chi connectivity index (χ1n) is 5.24. The molecule has 0 heterocycles. The Bertz CT molecular complexity index is 371. The predicted molar refractivity (Wildman–Crippen MR) is 60.3 cm³/mol. The summed E-state index contributed by atoms with van der Waals surface area (Å²) < 4.78 is 32.5. The Morgan fingerprint density at radius 3 is 2.56 bits per heavy atom. The van der Waals surface area contributed by atoms with Crippen LogP contribution < -0.4 is 15.8 Å². The van der Waals surface area contributed by atoms with Crippen LogP contribution in [0.2, 0.25) is 0 Å². The fraction of sp³-hybridized carbons (Fsp3) is 0.364. The van der Waals surface area contributed by atoms with Crippen molar-refractivity contribution in [3.05, 3.63) is 29.8 Å². The monoisotopic (exact) mass is 260 g/mol. The number of nitrogens with two attached hydrogens (primary N) is 1. The van der Waals surface area contributed by atoms with Crippen LogP contribution in [0.15, 0.2) is 24.3 Å². The second-order valence-corrected chi connectivity index (χ2v) is 3.37. The highest BCUT2D eigenvalue weighted by Crippen LogP contribution is 2.14. The highest BCUT2D eigenvalue weighted by molar-refractivity contribution is 5.64. The van der Waals surface area contributed by atoms with E-state index in [9.17, 15) is 13.6 Å². The van der Waals surface area contributed by atoms with E-state index in [1.807, 2.05) is 0 Å². The number of alkyl halides is 2. The van der Waals surface area contributed by atoms with Crippen LogP contribution in [-0.2, 0) is 11.3 Å². The van der Waals surface area contributed by atoms with Crippen molar-refractivity contribution in [3.63, 3.8) is 0 Å². The summed E-state index contributed by atoms with van der Waals surface area (Å²) >= 11 is 0. The van der Waals surface area contributed by atoms with Crippen LogP contribution in [0.3, 0.4) is 0 Å². The number of ether oxygens (including phenoxy) is 2. The fourth-order valence-corrected chi connectivity index (χ4v) is 1.25. The largest absolute Gasteiger partial charge is 0.448 e. The Morgan fingerprint density at radius 2 is 2.00 bits per heavy atom. The average Bonchev–Trinajstić information content (AvgIpc) is 2.30. The first kappa shape index (κ1) is 14.2. The van der Waals surface area contributed by atoms with Gasteiger partial charge in [-0.1, -0.05) is 12.1 Å². The maximum absolute atomic E-state index is 11.9. The summed E-state index contributed by atoms with van der Waals surface area (Å²) in [5, 5.41) is 3.00. The van der Waals surface area contributed by atoms with E-state index in [0.717, 1.165) is 5.56 Å². The number of amides is 1. The molecule has 0 bridgehead atoms. The summed E-state index contributed by atoms with van der Waals surface area (Å²) in [5.74, 6) is 0.116. The molecule has 0 saturated heterocycles. The van der Waals surface area contributed by atoms with Gasteiger partial charge in [0.15, 0.2) is 0 Å². The smallest absolute Gasteiger partial charge is 0.404 e. The molecule has 0 aromatic heterocycles. The van der Waals surface area contributed by atoms with Crippen LogP contribution in [0.5, 0.6) is 5.75 Å². The van der Waals surface area contributed by atoms with Crippen molar-refractivity contribution in [1.29, 1.82) is 0 Å². The van der Waals surface area contributed by atoms with Crippen LogP contribution in [0.1, 0.15) is 5.56 Å². The second kappa shape index (κ2) is 7.44. The lowest BCUT2D eigenvalue weighted by Gasteiger charge is -2.07. The maximum Gasteiger partial charge on any atom is 0.404 e. The second-order valence-electron chi connectivity index (χ2n) is 3.37. The maximum atomic E-state index is 11.9. The zero-order valence-corrected chi connectivity index (χ0v) is 9.57. The minimum atomic E-state index is -2.82. The SMILES string of the molecule is NC(=O)OCCNCc1ccc(OC(F)F)cc1. The third kappa shape index (κ3) is 6.00. The van der Waals surface area contributed by atoms with Gasteiger partial charge >= 0.3 is 12.7 Å². The molecule has 0 aliphatic heterocycles. The summed E-state index contributed by atoms with van der Waals surface area (Å²) in [5.41, 5.74) is 5.68. The highest BCUT2D eigenvalue weighted by Gasteiger charge is 2.03. The van der Waals surface area contributed by atoms with Gasteiger partial charge in [0.1, 0.15) is 12.4 Å². The molecule has 1 rings (SSSR count). The molecule has 1 amide bonds. The first-order chi connectivity index (χ1) is 8.58. The molecule has 7 heteroatoms. The van der Waals surface area contributed by atoms with E-state index in [2.05, 4.69) is 14.8 Å². The molecule has 0 aliphatic carbocycles. The van der Waals surface area contributed by atoms with Crippen LogP contribution >= 0.6 is 0 Å². The van der Waals surface area contributed by atoms with Crippen molar-refractivity contribution in [1.82, 2.24) is 5.32 Å². The number of carbonyl (C=O) groups excluding carboxylic acids is 1. The van der Waals surface area contributed by atoms with Gasteiger partial charge in [-0.15, -0.1) is 0 Å². The number of halogens is 2. The quantitative estimate of drug-likeness (QED) is 0.728. The Hall–Kier alpha value is -1.89. The molecule has 0 saturated carbocycles. The van der Waals surface area contributed by atoms with Crippen molar-refractivity contribution in [3.8, 4) is 5.75 Å².